The molecule has 0 saturated heterocycles. The Morgan fingerprint density at radius 2 is 1.25 bits per heavy atom. The van der Waals surface area contributed by atoms with Crippen LogP contribution in [0.4, 0.5) is 0 Å². The summed E-state index contributed by atoms with van der Waals surface area (Å²) in [7, 11) is -3.59. The Bertz CT molecular complexity index is 1260. The van der Waals surface area contributed by atoms with Crippen molar-refractivity contribution in [3.63, 3.8) is 0 Å². The third-order valence-electron chi connectivity index (χ3n) is 5.32. The molecule has 0 spiro atoms. The van der Waals surface area contributed by atoms with Crippen LogP contribution in [0.3, 0.4) is 0 Å². The Labute approximate surface area is 212 Å². The fourth-order valence-corrected chi connectivity index (χ4v) is 8.60. The van der Waals surface area contributed by atoms with Gasteiger partial charge in [-0.15, -0.1) is 0 Å². The average Bonchev–Trinajstić information content (AvgIpc) is 2.88. The van der Waals surface area contributed by atoms with Gasteiger partial charge in [-0.05, 0) is 42.2 Å². The summed E-state index contributed by atoms with van der Waals surface area (Å²) in [4.78, 5) is 27.4. The van der Waals surface area contributed by atoms with Gasteiger partial charge in [0.1, 0.15) is 5.29 Å². The van der Waals surface area contributed by atoms with E-state index >= 15 is 0 Å². The lowest BCUT2D eigenvalue weighted by atomic mass is 10.2. The van der Waals surface area contributed by atoms with E-state index in [4.69, 9.17) is 8.92 Å². The fraction of sp³-hybridized carbons (Fsp3) is 0.179. The highest BCUT2D eigenvalue weighted by Crippen LogP contribution is 2.46. The number of ether oxygens (including phenoxy) is 1. The van der Waals surface area contributed by atoms with Crippen molar-refractivity contribution in [3.8, 4) is 0 Å². The van der Waals surface area contributed by atoms with E-state index < -0.39 is 28.8 Å². The van der Waals surface area contributed by atoms with Crippen molar-refractivity contribution in [1.82, 2.24) is 0 Å². The molecule has 8 heteroatoms. The zero-order valence-electron chi connectivity index (χ0n) is 20.2. The molecule has 0 aromatic heterocycles. The summed E-state index contributed by atoms with van der Waals surface area (Å²) >= 11 is 0. The highest BCUT2D eigenvalue weighted by atomic mass is 32.2. The molecule has 0 radical (unpaired) electrons. The number of benzene rings is 3. The number of carbonyl (C=O) groups excluding carboxylic acids is 2. The van der Waals surface area contributed by atoms with Gasteiger partial charge in [0.25, 0.3) is 10.1 Å². The molecule has 0 fully saturated rings. The van der Waals surface area contributed by atoms with Crippen LogP contribution in [0.1, 0.15) is 13.3 Å². The van der Waals surface area contributed by atoms with Crippen LogP contribution in [0.25, 0.3) is 0 Å². The molecule has 0 aliphatic rings. The number of esters is 1. The van der Waals surface area contributed by atoms with E-state index in [-0.39, 0.29) is 24.9 Å². The van der Waals surface area contributed by atoms with Crippen molar-refractivity contribution in [2.24, 2.45) is 0 Å². The van der Waals surface area contributed by atoms with Crippen molar-refractivity contribution in [3.05, 3.63) is 103 Å². The molecule has 188 valence electrons. The first-order valence-corrected chi connectivity index (χ1v) is 15.1. The molecule has 0 atom stereocenters. The van der Waals surface area contributed by atoms with E-state index in [1.54, 1.807) is 6.92 Å². The monoisotopic (exact) mass is 524 g/mol. The van der Waals surface area contributed by atoms with E-state index in [0.717, 1.165) is 22.2 Å². The molecular formula is C28H29O6PS. The number of hydrogen-bond donors (Lipinski definition) is 0. The first kappa shape index (κ1) is 27.3. The number of carbonyl (C=O) groups is 2. The summed E-state index contributed by atoms with van der Waals surface area (Å²) in [5.41, 5.74) is 0. The van der Waals surface area contributed by atoms with Gasteiger partial charge < -0.3 is 4.74 Å². The number of hydrogen-bond acceptors (Lipinski definition) is 6. The van der Waals surface area contributed by atoms with Crippen LogP contribution in [-0.2, 0) is 28.6 Å². The SMILES string of the molecule is CCOC(=O)C(C(=O)/C=C/CCOS(C)(=O)=O)=P(c1ccccc1)(c1ccccc1)c1ccccc1. The lowest BCUT2D eigenvalue weighted by molar-refractivity contribution is -0.135. The van der Waals surface area contributed by atoms with Crippen molar-refractivity contribution in [2.75, 3.05) is 19.5 Å². The standard InChI is InChI=1S/C28H29O6PS/c1-3-33-28(30)27(26(29)21-13-14-22-34-36(2,31)32)35(23-15-7-4-8-16-23,24-17-9-5-10-18-24)25-19-11-6-12-20-25/h4-13,15-21H,3,14,22H2,1-2H3/b21-13+. The van der Waals surface area contributed by atoms with Crippen LogP contribution in [0.2, 0.25) is 0 Å². The average molecular weight is 525 g/mol. The molecule has 36 heavy (non-hydrogen) atoms. The van der Waals surface area contributed by atoms with Crippen LogP contribution >= 0.6 is 6.89 Å². The van der Waals surface area contributed by atoms with Gasteiger partial charge in [-0.1, -0.05) is 97.1 Å². The number of ketones is 1. The van der Waals surface area contributed by atoms with Gasteiger partial charge in [-0.3, -0.25) is 8.98 Å². The Morgan fingerprint density at radius 3 is 1.64 bits per heavy atom. The minimum absolute atomic E-state index is 0.0493. The molecule has 0 bridgehead atoms. The van der Waals surface area contributed by atoms with E-state index in [0.29, 0.717) is 0 Å². The predicted molar refractivity (Wildman–Crippen MR) is 146 cm³/mol. The fourth-order valence-electron chi connectivity index (χ4n) is 3.93. The van der Waals surface area contributed by atoms with Gasteiger partial charge in [0.05, 0.1) is 19.5 Å². The van der Waals surface area contributed by atoms with Crippen molar-refractivity contribution >= 4 is 50.0 Å². The number of rotatable bonds is 11. The first-order chi connectivity index (χ1) is 17.3. The van der Waals surface area contributed by atoms with Crippen molar-refractivity contribution < 1.29 is 26.9 Å². The van der Waals surface area contributed by atoms with Crippen LogP contribution in [0.15, 0.2) is 103 Å². The molecule has 3 aromatic carbocycles. The van der Waals surface area contributed by atoms with Gasteiger partial charge in [-0.25, -0.2) is 4.79 Å². The smallest absolute Gasteiger partial charge is 0.343 e. The zero-order valence-corrected chi connectivity index (χ0v) is 22.0. The topological polar surface area (TPSA) is 86.7 Å². The Kier molecular flexibility index (Phi) is 9.59. The summed E-state index contributed by atoms with van der Waals surface area (Å²) in [6.07, 6.45) is 3.97. The van der Waals surface area contributed by atoms with Crippen LogP contribution in [0, 0.1) is 0 Å². The summed E-state index contributed by atoms with van der Waals surface area (Å²) in [5, 5.41) is 2.57. The van der Waals surface area contributed by atoms with Gasteiger partial charge in [0.2, 0.25) is 0 Å². The maximum atomic E-state index is 13.8. The van der Waals surface area contributed by atoms with Crippen molar-refractivity contribution in [1.29, 1.82) is 0 Å². The van der Waals surface area contributed by atoms with E-state index in [9.17, 15) is 18.0 Å². The third kappa shape index (κ3) is 6.49. The minimum Gasteiger partial charge on any atom is -0.462 e. The molecule has 0 saturated carbocycles. The Morgan fingerprint density at radius 1 is 0.806 bits per heavy atom. The zero-order chi connectivity index (χ0) is 26.0. The van der Waals surface area contributed by atoms with E-state index in [1.807, 2.05) is 91.0 Å². The van der Waals surface area contributed by atoms with Crippen LogP contribution in [-0.4, -0.2) is 44.9 Å². The summed E-state index contributed by atoms with van der Waals surface area (Å²) in [6, 6.07) is 28.6. The summed E-state index contributed by atoms with van der Waals surface area (Å²) in [6.45, 7) is -1.27. The Balaban J connectivity index is 2.35. The predicted octanol–water partition coefficient (Wildman–Crippen LogP) is 3.21. The maximum absolute atomic E-state index is 13.8. The summed E-state index contributed by atoms with van der Waals surface area (Å²) in [5.74, 6) is -1.16. The molecular weight excluding hydrogens is 495 g/mol. The van der Waals surface area contributed by atoms with Crippen LogP contribution < -0.4 is 15.9 Å². The van der Waals surface area contributed by atoms with Crippen molar-refractivity contribution in [2.45, 2.75) is 13.3 Å². The second-order valence-corrected chi connectivity index (χ2v) is 12.8. The molecule has 3 rings (SSSR count). The molecule has 0 aliphatic heterocycles. The lowest BCUT2D eigenvalue weighted by Crippen LogP contribution is -2.37. The molecule has 0 aliphatic carbocycles. The molecule has 0 amide bonds. The minimum atomic E-state index is -3.59. The highest BCUT2D eigenvalue weighted by Gasteiger charge is 2.36. The molecule has 0 N–H and O–H groups in total. The maximum Gasteiger partial charge on any atom is 0.343 e. The largest absolute Gasteiger partial charge is 0.462 e. The number of allylic oxidation sites excluding steroid dienone is 1. The van der Waals surface area contributed by atoms with Gasteiger partial charge >= 0.3 is 5.97 Å². The molecule has 3 aromatic rings. The van der Waals surface area contributed by atoms with Crippen LogP contribution in [0.5, 0.6) is 0 Å². The summed E-state index contributed by atoms with van der Waals surface area (Å²) < 4.78 is 32.7. The van der Waals surface area contributed by atoms with E-state index in [1.165, 1.54) is 12.2 Å². The molecule has 0 unspecified atom stereocenters. The van der Waals surface area contributed by atoms with E-state index in [2.05, 4.69) is 0 Å². The molecule has 0 heterocycles. The normalized spacial score (nSPS) is 11.8. The lowest BCUT2D eigenvalue weighted by Gasteiger charge is -2.31. The Hall–Kier alpha value is -3.25. The second-order valence-electron chi connectivity index (χ2n) is 7.83. The third-order valence-corrected chi connectivity index (χ3v) is 10.2. The van der Waals surface area contributed by atoms with Gasteiger partial charge in [-0.2, -0.15) is 8.42 Å². The second kappa shape index (κ2) is 12.6. The highest BCUT2D eigenvalue weighted by molar-refractivity contribution is 7.97. The first-order valence-electron chi connectivity index (χ1n) is 11.5. The van der Waals surface area contributed by atoms with Gasteiger partial charge in [0.15, 0.2) is 5.78 Å². The molecule has 6 nitrogen and oxygen atoms in total. The quantitative estimate of drug-likeness (QED) is 0.0957. The van der Waals surface area contributed by atoms with Gasteiger partial charge in [0, 0.05) is 0 Å².